The van der Waals surface area contributed by atoms with Gasteiger partial charge in [0.15, 0.2) is 0 Å². The Balaban J connectivity index is 1.45. The summed E-state index contributed by atoms with van der Waals surface area (Å²) >= 11 is 6.57. The molecule has 3 amide bonds. The number of amides is 3. The first-order valence-electron chi connectivity index (χ1n) is 17.2. The number of likely N-dealkylation sites (tertiary alicyclic amines) is 1. The molecular formula is C38H46ClN3O7. The highest BCUT2D eigenvalue weighted by Gasteiger charge is 2.75. The van der Waals surface area contributed by atoms with Gasteiger partial charge in [0.1, 0.15) is 17.7 Å². The summed E-state index contributed by atoms with van der Waals surface area (Å²) in [5, 5.41) is 12.5. The first-order valence-corrected chi connectivity index (χ1v) is 17.5. The summed E-state index contributed by atoms with van der Waals surface area (Å²) in [6, 6.07) is 15.2. The number of para-hydroxylation sites is 1. The third kappa shape index (κ3) is 7.61. The van der Waals surface area contributed by atoms with E-state index in [2.05, 4.69) is 18.5 Å². The predicted molar refractivity (Wildman–Crippen MR) is 187 cm³/mol. The van der Waals surface area contributed by atoms with E-state index in [9.17, 15) is 24.3 Å². The van der Waals surface area contributed by atoms with E-state index in [-0.39, 0.29) is 43.8 Å². The van der Waals surface area contributed by atoms with Gasteiger partial charge in [0.05, 0.1) is 35.2 Å². The van der Waals surface area contributed by atoms with Gasteiger partial charge < -0.3 is 29.7 Å². The van der Waals surface area contributed by atoms with Gasteiger partial charge in [-0.25, -0.2) is 0 Å². The second kappa shape index (κ2) is 16.6. The molecule has 49 heavy (non-hydrogen) atoms. The summed E-state index contributed by atoms with van der Waals surface area (Å²) in [5.74, 6) is -3.28. The van der Waals surface area contributed by atoms with Crippen molar-refractivity contribution in [2.75, 3.05) is 31.1 Å². The van der Waals surface area contributed by atoms with E-state index in [0.29, 0.717) is 54.9 Å². The lowest BCUT2D eigenvalue weighted by Crippen LogP contribution is -2.56. The molecular weight excluding hydrogens is 646 g/mol. The van der Waals surface area contributed by atoms with Gasteiger partial charge in [0.25, 0.3) is 5.91 Å². The molecule has 11 heteroatoms. The van der Waals surface area contributed by atoms with Gasteiger partial charge in [-0.2, -0.15) is 0 Å². The number of carbonyl (C=O) groups excluding carboxylic acids is 4. The summed E-state index contributed by atoms with van der Waals surface area (Å²) < 4.78 is 12.8. The quantitative estimate of drug-likeness (QED) is 0.126. The van der Waals surface area contributed by atoms with Gasteiger partial charge in [-0.15, -0.1) is 13.2 Å². The first-order chi connectivity index (χ1) is 23.8. The second-order valence-corrected chi connectivity index (χ2v) is 13.3. The molecule has 2 aromatic carbocycles. The lowest BCUT2D eigenvalue weighted by molar-refractivity contribution is -0.160. The number of allylic oxidation sites excluding steroid dienone is 1. The molecule has 2 aromatic rings. The number of hydrogen-bond acceptors (Lipinski definition) is 7. The van der Waals surface area contributed by atoms with Crippen LogP contribution in [0.15, 0.2) is 79.9 Å². The van der Waals surface area contributed by atoms with Gasteiger partial charge in [-0.1, -0.05) is 79.1 Å². The maximum atomic E-state index is 14.7. The van der Waals surface area contributed by atoms with Gasteiger partial charge >= 0.3 is 5.97 Å². The van der Waals surface area contributed by atoms with Crippen molar-refractivity contribution in [1.82, 2.24) is 10.2 Å². The van der Waals surface area contributed by atoms with Gasteiger partial charge in [-0.05, 0) is 49.8 Å². The standard InChI is InChI=1S/C38H46ClN3O7/c1-3-5-19-31(44)40-25-30(26-15-9-8-10-16-26)48-37(47)32-29-20-21-38(49-29)33(32)35(45)42(23-13-6-7-14-24-43)34(38)36(46)41(22-4-2)28-18-12-11-17-27(28)39/h3-4,8-12,15-18,29-30,32-34,43H,1-2,5-7,13-14,19-25H2,(H,40,44)/t29-,30+,32+,33+,34-,38+/m0/s1. The van der Waals surface area contributed by atoms with Gasteiger partial charge in [0, 0.05) is 26.1 Å². The number of ether oxygens (including phenoxy) is 2. The summed E-state index contributed by atoms with van der Waals surface area (Å²) in [4.78, 5) is 59.0. The Morgan fingerprint density at radius 2 is 1.82 bits per heavy atom. The zero-order chi connectivity index (χ0) is 35.0. The van der Waals surface area contributed by atoms with Gasteiger partial charge in [0.2, 0.25) is 11.8 Å². The van der Waals surface area contributed by atoms with E-state index in [0.717, 1.165) is 12.8 Å². The molecule has 262 valence electrons. The summed E-state index contributed by atoms with van der Waals surface area (Å²) in [6.45, 7) is 8.12. The van der Waals surface area contributed by atoms with Crippen LogP contribution in [-0.2, 0) is 28.7 Å². The van der Waals surface area contributed by atoms with Crippen molar-refractivity contribution in [2.24, 2.45) is 11.8 Å². The maximum absolute atomic E-state index is 14.7. The highest BCUT2D eigenvalue weighted by Crippen LogP contribution is 2.59. The van der Waals surface area contributed by atoms with Crippen LogP contribution in [0.25, 0.3) is 0 Å². The Morgan fingerprint density at radius 1 is 1.08 bits per heavy atom. The number of fused-ring (bicyclic) bond motifs is 1. The van der Waals surface area contributed by atoms with Crippen LogP contribution >= 0.6 is 11.6 Å². The molecule has 2 bridgehead atoms. The molecule has 0 aromatic heterocycles. The van der Waals surface area contributed by atoms with E-state index in [1.54, 1.807) is 41.3 Å². The van der Waals surface area contributed by atoms with Crippen LogP contribution in [0.3, 0.4) is 0 Å². The number of halogens is 1. The van der Waals surface area contributed by atoms with E-state index in [1.165, 1.54) is 4.90 Å². The smallest absolute Gasteiger partial charge is 0.313 e. The Morgan fingerprint density at radius 3 is 2.53 bits per heavy atom. The highest BCUT2D eigenvalue weighted by atomic mass is 35.5. The Kier molecular flexibility index (Phi) is 12.3. The number of esters is 1. The van der Waals surface area contributed by atoms with E-state index in [4.69, 9.17) is 21.1 Å². The molecule has 2 N–H and O–H groups in total. The summed E-state index contributed by atoms with van der Waals surface area (Å²) in [7, 11) is 0. The van der Waals surface area contributed by atoms with Crippen molar-refractivity contribution < 1.29 is 33.8 Å². The van der Waals surface area contributed by atoms with Crippen LogP contribution in [0, 0.1) is 11.8 Å². The average molecular weight is 692 g/mol. The largest absolute Gasteiger partial charge is 0.455 e. The zero-order valence-corrected chi connectivity index (χ0v) is 28.6. The number of nitrogens with one attached hydrogen (secondary N) is 1. The lowest BCUT2D eigenvalue weighted by atomic mass is 9.70. The summed E-state index contributed by atoms with van der Waals surface area (Å²) in [5.41, 5.74) is -0.0301. The van der Waals surface area contributed by atoms with Crippen molar-refractivity contribution in [2.45, 2.75) is 75.2 Å². The SMILES string of the molecule is C=CCCC(=O)NC[C@@H](OC(=O)[C@@H]1[C@@H]2CC[C@]3(O2)[C@H](C(=O)N(CC=C)c2ccccc2Cl)N(CCCCCCO)C(=O)[C@@H]13)c1ccccc1. The summed E-state index contributed by atoms with van der Waals surface area (Å²) in [6.07, 6.45) is 6.39. The number of nitrogens with zero attached hydrogens (tertiary/aromatic N) is 2. The van der Waals surface area contributed by atoms with Crippen molar-refractivity contribution >= 4 is 41.0 Å². The fraction of sp³-hybridized carbons (Fsp3) is 0.474. The minimum atomic E-state index is -1.23. The Hall–Kier alpha value is -3.99. The van der Waals surface area contributed by atoms with E-state index in [1.807, 2.05) is 30.3 Å². The maximum Gasteiger partial charge on any atom is 0.313 e. The molecule has 10 nitrogen and oxygen atoms in total. The molecule has 5 rings (SSSR count). The topological polar surface area (TPSA) is 125 Å². The average Bonchev–Trinajstić information content (AvgIpc) is 3.75. The van der Waals surface area contributed by atoms with Crippen LogP contribution in [0.4, 0.5) is 5.69 Å². The predicted octanol–water partition coefficient (Wildman–Crippen LogP) is 5.15. The Labute approximate surface area is 293 Å². The number of rotatable bonds is 18. The molecule has 3 aliphatic rings. The van der Waals surface area contributed by atoms with E-state index >= 15 is 0 Å². The van der Waals surface area contributed by atoms with Crippen LogP contribution in [0.5, 0.6) is 0 Å². The minimum Gasteiger partial charge on any atom is -0.455 e. The van der Waals surface area contributed by atoms with Crippen LogP contribution in [-0.4, -0.2) is 77.7 Å². The molecule has 3 aliphatic heterocycles. The third-order valence-corrected chi connectivity index (χ3v) is 10.1. The Bertz CT molecular complexity index is 1520. The van der Waals surface area contributed by atoms with E-state index < -0.39 is 41.7 Å². The number of unbranched alkanes of at least 4 members (excludes halogenated alkanes) is 3. The molecule has 3 heterocycles. The van der Waals surface area contributed by atoms with Crippen LogP contribution in [0.2, 0.25) is 5.02 Å². The first kappa shape index (κ1) is 36.3. The lowest BCUT2D eigenvalue weighted by Gasteiger charge is -2.37. The van der Waals surface area contributed by atoms with Gasteiger partial charge in [-0.3, -0.25) is 19.2 Å². The molecule has 6 atom stereocenters. The zero-order valence-electron chi connectivity index (χ0n) is 27.8. The van der Waals surface area contributed by atoms with Crippen LogP contribution in [0.1, 0.15) is 63.0 Å². The van der Waals surface area contributed by atoms with Crippen molar-refractivity contribution in [3.05, 3.63) is 90.5 Å². The highest BCUT2D eigenvalue weighted by molar-refractivity contribution is 6.34. The fourth-order valence-corrected chi connectivity index (χ4v) is 7.82. The monoisotopic (exact) mass is 691 g/mol. The number of benzene rings is 2. The molecule has 0 unspecified atom stereocenters. The molecule has 3 saturated heterocycles. The molecule has 3 fully saturated rings. The number of anilines is 1. The van der Waals surface area contributed by atoms with Crippen LogP contribution < -0.4 is 10.2 Å². The number of carbonyl (C=O) groups is 4. The third-order valence-electron chi connectivity index (χ3n) is 9.82. The van der Waals surface area contributed by atoms with Crippen molar-refractivity contribution in [1.29, 1.82) is 0 Å². The number of aliphatic hydroxyl groups excluding tert-OH is 1. The number of aliphatic hydroxyl groups is 1. The molecule has 0 radical (unpaired) electrons. The van der Waals surface area contributed by atoms with Crippen molar-refractivity contribution in [3.8, 4) is 0 Å². The molecule has 0 aliphatic carbocycles. The van der Waals surface area contributed by atoms with Crippen molar-refractivity contribution in [3.63, 3.8) is 0 Å². The molecule has 0 saturated carbocycles. The number of hydrogen-bond donors (Lipinski definition) is 2. The molecule has 1 spiro atoms. The normalized spacial score (nSPS) is 24.3. The fourth-order valence-electron chi connectivity index (χ4n) is 7.58. The second-order valence-electron chi connectivity index (χ2n) is 12.9. The minimum absolute atomic E-state index is 0.0587.